The molecule has 632 valence electrons. The van der Waals surface area contributed by atoms with Crippen molar-refractivity contribution in [3.8, 4) is 0 Å². The fourth-order valence-corrected chi connectivity index (χ4v) is 15.5. The van der Waals surface area contributed by atoms with E-state index in [0.29, 0.717) is 11.1 Å². The minimum atomic E-state index is -1.43. The molecule has 0 spiro atoms. The Morgan fingerprint density at radius 1 is 0.615 bits per heavy atom. The van der Waals surface area contributed by atoms with Crippen LogP contribution in [0.15, 0.2) is 95.9 Å². The Morgan fingerprint density at radius 3 is 1.63 bits per heavy atom. The molecule has 6 heterocycles. The fourth-order valence-electron chi connectivity index (χ4n) is 13.4. The summed E-state index contributed by atoms with van der Waals surface area (Å²) in [6, 6.07) is 6.59. The average molecular weight is 1660 g/mol. The molecule has 8 rings (SSSR count). The van der Waals surface area contributed by atoms with Gasteiger partial charge in [0.05, 0.1) is 24.9 Å². The van der Waals surface area contributed by atoms with Gasteiger partial charge in [-0.1, -0.05) is 89.2 Å². The van der Waals surface area contributed by atoms with Gasteiger partial charge in [-0.3, -0.25) is 73.9 Å². The van der Waals surface area contributed by atoms with Crippen molar-refractivity contribution in [3.63, 3.8) is 0 Å². The van der Waals surface area contributed by atoms with E-state index in [2.05, 4.69) is 84.1 Å². The molecule has 1 saturated heterocycles. The molecule has 0 unspecified atom stereocenters. The van der Waals surface area contributed by atoms with E-state index in [4.69, 9.17) is 43.9 Å². The van der Waals surface area contributed by atoms with Crippen LogP contribution in [-0.2, 0) is 88.1 Å². The zero-order valence-electron chi connectivity index (χ0n) is 66.0. The Hall–Kier alpha value is -12.1. The van der Waals surface area contributed by atoms with Crippen molar-refractivity contribution in [3.05, 3.63) is 118 Å². The van der Waals surface area contributed by atoms with Crippen LogP contribution >= 0.6 is 23.1 Å². The van der Waals surface area contributed by atoms with E-state index in [1.165, 1.54) is 34.0 Å². The molecule has 10 atom stereocenters. The highest BCUT2D eigenvalue weighted by atomic mass is 32.2. The maximum Gasteiger partial charge on any atom is 0.352 e. The average Bonchev–Trinajstić information content (AvgIpc) is 1.43. The molecule has 4 aromatic heterocycles. The van der Waals surface area contributed by atoms with E-state index in [1.807, 2.05) is 69.5 Å². The van der Waals surface area contributed by atoms with Crippen molar-refractivity contribution in [2.45, 2.75) is 178 Å². The lowest BCUT2D eigenvalue weighted by molar-refractivity contribution is -0.151. The second-order valence-corrected chi connectivity index (χ2v) is 31.9. The van der Waals surface area contributed by atoms with E-state index in [1.54, 1.807) is 50.5 Å². The number of ether oxygens (including phenoxy) is 1. The monoisotopic (exact) mass is 1660 g/mol. The van der Waals surface area contributed by atoms with Gasteiger partial charge in [-0.25, -0.2) is 9.48 Å². The number of thioether (sulfide) groups is 1. The molecule has 0 bridgehead atoms. The van der Waals surface area contributed by atoms with E-state index in [0.717, 1.165) is 31.6 Å². The number of guanidine groups is 3. The Bertz CT molecular complexity index is 4580. The SMILES string of the molecule is CC(C)C[C@@H](NC(=O)[C@@H](CCCNC(=N)N)n1cc(CNCC(=O)OCC2=C(C(=O)O)N3C(=O)[C@@H](NC(=O)Cc4cccs4)[C@H]3SC2)nn1)C(=O)N[C@H](Cc1c[nH]c2ccccc12)C(=O)N[C@@H](C(=O)N[C@H](CC(C)C)C(=O)N[C@H](Cc1c[nH]c2ccccc12)C(=O)N[C@H](CCCNC(=N)N)C(=O)N[C@H](CCCNC(=N)N)C(N)=O)C(C)C. The number of carbonyl (C=O) groups is 12. The predicted octanol–water partition coefficient (Wildman–Crippen LogP) is -0.640. The maximum absolute atomic E-state index is 15.2. The first kappa shape index (κ1) is 90.4. The summed E-state index contributed by atoms with van der Waals surface area (Å²) in [6.45, 7) is 10.2. The number of thiophene rings is 1. The number of carboxylic acid groups (broad SMARTS) is 1. The number of primary amides is 1. The first-order valence-corrected chi connectivity index (χ1v) is 40.4. The molecule has 2 aromatic carbocycles. The number of β-lactam (4-membered cyclic amide) rings is 1. The van der Waals surface area contributed by atoms with Gasteiger partial charge in [0.25, 0.3) is 5.91 Å². The zero-order chi connectivity index (χ0) is 85.2. The highest BCUT2D eigenvalue weighted by Crippen LogP contribution is 2.40. The summed E-state index contributed by atoms with van der Waals surface area (Å²) in [7, 11) is 0. The molecule has 10 amide bonds. The number of hydrogen-bond acceptors (Lipinski definition) is 21. The lowest BCUT2D eigenvalue weighted by atomic mass is 9.97. The molecule has 2 aliphatic heterocycles. The number of para-hydroxylation sites is 2. The first-order chi connectivity index (χ1) is 55.7. The summed E-state index contributed by atoms with van der Waals surface area (Å²) < 4.78 is 6.74. The Balaban J connectivity index is 0.965. The molecule has 39 nitrogen and oxygen atoms in total. The number of aromatic nitrogens is 5. The van der Waals surface area contributed by atoms with Crippen LogP contribution in [0.25, 0.3) is 21.8 Å². The number of nitrogens with zero attached hydrogens (tertiary/aromatic N) is 4. The van der Waals surface area contributed by atoms with Gasteiger partial charge in [0.15, 0.2) is 17.9 Å². The molecular weight excluding hydrogens is 1550 g/mol. The van der Waals surface area contributed by atoms with Crippen LogP contribution in [0.5, 0.6) is 0 Å². The van der Waals surface area contributed by atoms with Crippen LogP contribution in [0.3, 0.4) is 0 Å². The standard InChI is InChI=1S/C76H107N25O14S2/c1-39(2)27-53(94-69(110)57(22-13-25-87-76(82)83)100-36-45(98-99-100)34-84-35-59(103)115-37-44-38-117-72-61(71(112)101(72)62(44)73(113)114)96-58(102)31-46-15-14-26-116-46)65(106)93-56(30-43-33-89-50-19-10-8-17-48(43)50)68(109)97-60(41(5)6)70(111)95-54(28-40(3)4)66(107)92-55(29-42-32-88-49-18-9-7-16-47(42)49)67(108)91-52(21-12-24-86-75(80)81)64(105)90-51(63(77)104)20-11-23-85-74(78)79/h7-10,14-19,26,32-33,36,39-41,51-57,60-61,72,84,88-89H,11-13,20-25,27-31,34-35,37-38H2,1-6H3,(H2,77,104)(H,90,105)(H,91,108)(H,92,107)(H,93,106)(H,94,110)(H,95,111)(H,96,102)(H,97,109)(H,113,114)(H4,78,79,85)(H4,80,81,86)(H4,82,83,87)/t51-,52-,53-,54-,55-,56-,57-,60-,61-,72-/m1/s1. The highest BCUT2D eigenvalue weighted by molar-refractivity contribution is 8.00. The number of carboxylic acids is 1. The number of rotatable bonds is 47. The Morgan fingerprint density at radius 2 is 1.11 bits per heavy atom. The van der Waals surface area contributed by atoms with E-state index >= 15 is 14.4 Å². The highest BCUT2D eigenvalue weighted by Gasteiger charge is 2.54. The van der Waals surface area contributed by atoms with E-state index < -0.39 is 137 Å². The lowest BCUT2D eigenvalue weighted by Crippen LogP contribution is -2.70. The smallest absolute Gasteiger partial charge is 0.352 e. The largest absolute Gasteiger partial charge is 0.477 e. The molecule has 117 heavy (non-hydrogen) atoms. The normalized spacial score (nSPS) is 15.9. The summed E-state index contributed by atoms with van der Waals surface area (Å²) in [6.07, 6.45) is 5.42. The molecular formula is C76H107N25O14S2. The second-order valence-electron chi connectivity index (χ2n) is 29.8. The van der Waals surface area contributed by atoms with Gasteiger partial charge in [-0.15, -0.1) is 28.2 Å². The third-order valence-electron chi connectivity index (χ3n) is 19.3. The third-order valence-corrected chi connectivity index (χ3v) is 21.5. The maximum atomic E-state index is 15.2. The summed E-state index contributed by atoms with van der Waals surface area (Å²) in [5.41, 5.74) is 25.0. The van der Waals surface area contributed by atoms with Gasteiger partial charge < -0.3 is 107 Å². The fraction of sp³-hybridized carbons (Fsp3) is 0.487. The second kappa shape index (κ2) is 43.5. The number of amides is 10. The minimum absolute atomic E-state index is 0.0182. The van der Waals surface area contributed by atoms with Crippen molar-refractivity contribution in [1.82, 2.24) is 93.7 Å². The van der Waals surface area contributed by atoms with Crippen LogP contribution < -0.4 is 86.7 Å². The van der Waals surface area contributed by atoms with Gasteiger partial charge in [0, 0.05) is 89.4 Å². The zero-order valence-corrected chi connectivity index (χ0v) is 67.6. The topological polar surface area (TPSA) is 620 Å². The van der Waals surface area contributed by atoms with Crippen LogP contribution in [0.1, 0.15) is 121 Å². The summed E-state index contributed by atoms with van der Waals surface area (Å²) in [5.74, 6) is -11.6. The molecule has 2 aliphatic rings. The first-order valence-electron chi connectivity index (χ1n) is 38.5. The van der Waals surface area contributed by atoms with Crippen molar-refractivity contribution in [2.24, 2.45) is 40.7 Å². The number of esters is 1. The van der Waals surface area contributed by atoms with Crippen LogP contribution in [0.2, 0.25) is 0 Å². The molecule has 6 aromatic rings. The van der Waals surface area contributed by atoms with E-state index in [-0.39, 0.29) is 162 Å². The number of nitrogens with one attached hydrogen (secondary N) is 17. The number of nitrogens with two attached hydrogens (primary N) is 4. The summed E-state index contributed by atoms with van der Waals surface area (Å²) in [4.78, 5) is 177. The van der Waals surface area contributed by atoms with Gasteiger partial charge in [0.2, 0.25) is 53.2 Å². The molecule has 0 radical (unpaired) electrons. The van der Waals surface area contributed by atoms with Crippen molar-refractivity contribution in [1.29, 1.82) is 16.2 Å². The van der Waals surface area contributed by atoms with Crippen LogP contribution in [0, 0.1) is 34.0 Å². The molecule has 1 fully saturated rings. The number of H-pyrrole nitrogens is 2. The van der Waals surface area contributed by atoms with E-state index in [9.17, 15) is 48.3 Å². The van der Waals surface area contributed by atoms with Gasteiger partial charge in [0.1, 0.15) is 72.1 Å². The number of aliphatic carboxylic acids is 1. The summed E-state index contributed by atoms with van der Waals surface area (Å²) in [5, 5.41) is 77.4. The van der Waals surface area contributed by atoms with Gasteiger partial charge in [-0.05, 0) is 104 Å². The quantitative estimate of drug-likeness (QED) is 0.00743. The number of hydrogen-bond donors (Lipinski definition) is 22. The Kier molecular flexibility index (Phi) is 33.6. The van der Waals surface area contributed by atoms with Crippen molar-refractivity contribution in [2.75, 3.05) is 38.5 Å². The minimum Gasteiger partial charge on any atom is -0.477 e. The van der Waals surface area contributed by atoms with Crippen molar-refractivity contribution < 1.29 is 67.4 Å². The number of carbonyl (C=O) groups excluding carboxylic acids is 11. The van der Waals surface area contributed by atoms with Crippen molar-refractivity contribution >= 4 is 134 Å². The molecule has 0 saturated carbocycles. The molecule has 0 aliphatic carbocycles. The lowest BCUT2D eigenvalue weighted by Gasteiger charge is -2.49. The number of aromatic amines is 2. The summed E-state index contributed by atoms with van der Waals surface area (Å²) >= 11 is 2.61. The third kappa shape index (κ3) is 26.7. The number of fused-ring (bicyclic) bond motifs is 3. The van der Waals surface area contributed by atoms with Gasteiger partial charge in [-0.2, -0.15) is 0 Å². The number of benzene rings is 2. The van der Waals surface area contributed by atoms with Crippen LogP contribution in [0.4, 0.5) is 0 Å². The molecule has 26 N–H and O–H groups in total. The Labute approximate surface area is 683 Å². The van der Waals surface area contributed by atoms with Crippen LogP contribution in [-0.4, -0.2) is 216 Å². The predicted molar refractivity (Wildman–Crippen MR) is 437 cm³/mol. The molecule has 41 heteroatoms. The van der Waals surface area contributed by atoms with Gasteiger partial charge >= 0.3 is 11.9 Å².